The highest BCUT2D eigenvalue weighted by atomic mass is 16.5. The molecule has 3 N–H and O–H groups in total. The van der Waals surface area contributed by atoms with Crippen molar-refractivity contribution in [1.82, 2.24) is 10.6 Å². The first-order valence-electron chi connectivity index (χ1n) is 6.16. The van der Waals surface area contributed by atoms with Crippen LogP contribution in [0.2, 0.25) is 0 Å². The Morgan fingerprint density at radius 2 is 1.84 bits per heavy atom. The van der Waals surface area contributed by atoms with Crippen LogP contribution in [0.4, 0.5) is 4.79 Å². The molecule has 2 atom stereocenters. The lowest BCUT2D eigenvalue weighted by Crippen LogP contribution is -2.44. The Kier molecular flexibility index (Phi) is 8.52. The van der Waals surface area contributed by atoms with Crippen molar-refractivity contribution >= 4 is 17.9 Å². The molecule has 0 aliphatic carbocycles. The second-order valence-electron chi connectivity index (χ2n) is 4.61. The number of urea groups is 1. The highest BCUT2D eigenvalue weighted by Crippen LogP contribution is 2.06. The molecule has 0 aliphatic rings. The highest BCUT2D eigenvalue weighted by molar-refractivity contribution is 5.94. The minimum absolute atomic E-state index is 0.00612. The lowest BCUT2D eigenvalue weighted by Gasteiger charge is -2.14. The summed E-state index contributed by atoms with van der Waals surface area (Å²) in [7, 11) is 1.57. The van der Waals surface area contributed by atoms with Gasteiger partial charge in [-0.1, -0.05) is 6.92 Å². The van der Waals surface area contributed by atoms with Crippen LogP contribution in [0, 0.1) is 5.92 Å². The molecule has 0 saturated heterocycles. The first-order valence-corrected chi connectivity index (χ1v) is 6.16. The van der Waals surface area contributed by atoms with Crippen LogP contribution < -0.4 is 10.6 Å². The van der Waals surface area contributed by atoms with Crippen LogP contribution in [0.5, 0.6) is 0 Å². The monoisotopic (exact) mass is 274 g/mol. The number of hydrogen-bond acceptors (Lipinski definition) is 4. The van der Waals surface area contributed by atoms with Crippen molar-refractivity contribution in [2.75, 3.05) is 13.7 Å². The summed E-state index contributed by atoms with van der Waals surface area (Å²) in [6.07, 6.45) is 0.555. The number of ether oxygens (including phenoxy) is 1. The minimum atomic E-state index is -0.960. The molecule has 0 aromatic heterocycles. The van der Waals surface area contributed by atoms with E-state index in [4.69, 9.17) is 9.84 Å². The third-order valence-electron chi connectivity index (χ3n) is 2.44. The van der Waals surface area contributed by atoms with Crippen molar-refractivity contribution in [3.8, 4) is 0 Å². The van der Waals surface area contributed by atoms with Crippen molar-refractivity contribution in [3.05, 3.63) is 0 Å². The zero-order valence-corrected chi connectivity index (χ0v) is 11.6. The van der Waals surface area contributed by atoms with E-state index in [0.717, 1.165) is 0 Å². The molecule has 110 valence electrons. The molecule has 19 heavy (non-hydrogen) atoms. The van der Waals surface area contributed by atoms with E-state index in [9.17, 15) is 14.4 Å². The van der Waals surface area contributed by atoms with E-state index in [0.29, 0.717) is 13.0 Å². The van der Waals surface area contributed by atoms with Crippen LogP contribution in [-0.2, 0) is 14.3 Å². The highest BCUT2D eigenvalue weighted by Gasteiger charge is 2.15. The number of methoxy groups -OCH3 is 1. The van der Waals surface area contributed by atoms with Crippen molar-refractivity contribution in [3.63, 3.8) is 0 Å². The third kappa shape index (κ3) is 10.0. The van der Waals surface area contributed by atoms with Crippen molar-refractivity contribution in [2.45, 2.75) is 39.2 Å². The van der Waals surface area contributed by atoms with Gasteiger partial charge < -0.3 is 15.2 Å². The molecule has 0 saturated carbocycles. The van der Waals surface area contributed by atoms with Gasteiger partial charge in [0.1, 0.15) is 0 Å². The Hall–Kier alpha value is -1.63. The summed E-state index contributed by atoms with van der Waals surface area (Å²) in [6.45, 7) is 3.97. The molecule has 0 aliphatic heterocycles. The van der Waals surface area contributed by atoms with Crippen LogP contribution >= 0.6 is 0 Å². The lowest BCUT2D eigenvalue weighted by molar-refractivity contribution is -0.138. The quantitative estimate of drug-likeness (QED) is 0.605. The van der Waals surface area contributed by atoms with Gasteiger partial charge >= 0.3 is 12.0 Å². The van der Waals surface area contributed by atoms with E-state index in [2.05, 4.69) is 10.6 Å². The number of rotatable bonds is 8. The van der Waals surface area contributed by atoms with Crippen molar-refractivity contribution < 1.29 is 24.2 Å². The van der Waals surface area contributed by atoms with E-state index in [-0.39, 0.29) is 24.8 Å². The first-order chi connectivity index (χ1) is 8.85. The van der Waals surface area contributed by atoms with Gasteiger partial charge in [-0.3, -0.25) is 14.9 Å². The molecule has 3 amide bonds. The van der Waals surface area contributed by atoms with Crippen molar-refractivity contribution in [1.29, 1.82) is 0 Å². The minimum Gasteiger partial charge on any atom is -0.481 e. The average molecular weight is 274 g/mol. The maximum absolute atomic E-state index is 11.5. The predicted molar refractivity (Wildman–Crippen MR) is 68.7 cm³/mol. The summed E-state index contributed by atoms with van der Waals surface area (Å²) in [5, 5.41) is 13.3. The molecule has 0 fully saturated rings. The summed E-state index contributed by atoms with van der Waals surface area (Å²) in [4.78, 5) is 33.3. The number of carboxylic acid groups (broad SMARTS) is 1. The maximum Gasteiger partial charge on any atom is 0.321 e. The fraction of sp³-hybridized carbons (Fsp3) is 0.750. The number of carboxylic acids is 1. The standard InChI is InChI=1S/C12H22N2O5/c1-8(7-11(16)17)6-10(15)14-12(18)13-9(2)4-5-19-3/h8-9H,4-7H2,1-3H3,(H,16,17)(H2,13,14,15,18). The Morgan fingerprint density at radius 3 is 2.37 bits per heavy atom. The summed E-state index contributed by atoms with van der Waals surface area (Å²) in [6, 6.07) is -0.680. The fourth-order valence-electron chi connectivity index (χ4n) is 1.49. The third-order valence-corrected chi connectivity index (χ3v) is 2.44. The van der Waals surface area contributed by atoms with E-state index in [1.165, 1.54) is 0 Å². The van der Waals surface area contributed by atoms with Crippen molar-refractivity contribution in [2.24, 2.45) is 5.92 Å². The SMILES string of the molecule is COCCC(C)NC(=O)NC(=O)CC(C)CC(=O)O. The second kappa shape index (κ2) is 9.32. The van der Waals surface area contributed by atoms with E-state index in [1.54, 1.807) is 21.0 Å². The second-order valence-corrected chi connectivity index (χ2v) is 4.61. The largest absolute Gasteiger partial charge is 0.481 e. The van der Waals surface area contributed by atoms with Gasteiger partial charge in [-0.25, -0.2) is 4.79 Å². The molecule has 0 radical (unpaired) electrons. The number of hydrogen-bond donors (Lipinski definition) is 3. The Bertz CT molecular complexity index is 319. The van der Waals surface area contributed by atoms with Gasteiger partial charge in [0.25, 0.3) is 0 Å². The molecule has 2 unspecified atom stereocenters. The Morgan fingerprint density at radius 1 is 1.21 bits per heavy atom. The predicted octanol–water partition coefficient (Wildman–Crippen LogP) is 0.738. The molecule has 0 heterocycles. The molecule has 7 heteroatoms. The van der Waals surface area contributed by atoms with Crippen LogP contribution in [-0.4, -0.2) is 42.8 Å². The number of carbonyl (C=O) groups excluding carboxylic acids is 2. The van der Waals surface area contributed by atoms with E-state index in [1.807, 2.05) is 0 Å². The molecule has 0 aromatic rings. The van der Waals surface area contributed by atoms with Gasteiger partial charge in [-0.15, -0.1) is 0 Å². The van der Waals surface area contributed by atoms with Gasteiger partial charge in [-0.05, 0) is 19.3 Å². The van der Waals surface area contributed by atoms with Gasteiger partial charge in [0.2, 0.25) is 5.91 Å². The normalized spacial score (nSPS) is 13.4. The number of carbonyl (C=O) groups is 3. The van der Waals surface area contributed by atoms with Crippen LogP contribution in [0.15, 0.2) is 0 Å². The smallest absolute Gasteiger partial charge is 0.321 e. The molecule has 7 nitrogen and oxygen atoms in total. The summed E-state index contributed by atoms with van der Waals surface area (Å²) < 4.78 is 4.87. The van der Waals surface area contributed by atoms with Gasteiger partial charge in [-0.2, -0.15) is 0 Å². The summed E-state index contributed by atoms with van der Waals surface area (Å²) in [5.74, 6) is -1.75. The number of aliphatic carboxylic acids is 1. The Labute approximate surface area is 112 Å². The average Bonchev–Trinajstić information content (AvgIpc) is 2.24. The van der Waals surface area contributed by atoms with Gasteiger partial charge in [0.05, 0.1) is 0 Å². The molecule has 0 aromatic carbocycles. The maximum atomic E-state index is 11.5. The summed E-state index contributed by atoms with van der Waals surface area (Å²) >= 11 is 0. The first kappa shape index (κ1) is 17.4. The zero-order chi connectivity index (χ0) is 14.8. The van der Waals surface area contributed by atoms with Gasteiger partial charge in [0.15, 0.2) is 0 Å². The van der Waals surface area contributed by atoms with E-state index < -0.39 is 17.9 Å². The molecular weight excluding hydrogens is 252 g/mol. The fourth-order valence-corrected chi connectivity index (χ4v) is 1.49. The Balaban J connectivity index is 3.92. The molecular formula is C12H22N2O5. The molecule has 0 rings (SSSR count). The van der Waals surface area contributed by atoms with Crippen LogP contribution in [0.3, 0.4) is 0 Å². The van der Waals surface area contributed by atoms with Crippen LogP contribution in [0.25, 0.3) is 0 Å². The number of imide groups is 1. The van der Waals surface area contributed by atoms with Crippen LogP contribution in [0.1, 0.15) is 33.1 Å². The summed E-state index contributed by atoms with van der Waals surface area (Å²) in [5.41, 5.74) is 0. The lowest BCUT2D eigenvalue weighted by atomic mass is 10.0. The molecule has 0 bridgehead atoms. The number of nitrogens with one attached hydrogen (secondary N) is 2. The topological polar surface area (TPSA) is 105 Å². The van der Waals surface area contributed by atoms with E-state index >= 15 is 0 Å². The van der Waals surface area contributed by atoms with Gasteiger partial charge in [0, 0.05) is 32.6 Å². The zero-order valence-electron chi connectivity index (χ0n) is 11.6. The number of amides is 3. The molecule has 0 spiro atoms.